The van der Waals surface area contributed by atoms with E-state index in [9.17, 15) is 14.4 Å². The molecule has 0 unspecified atom stereocenters. The van der Waals surface area contributed by atoms with Crippen LogP contribution in [0.25, 0.3) is 10.2 Å². The third-order valence-electron chi connectivity index (χ3n) is 5.03. The fourth-order valence-electron chi connectivity index (χ4n) is 3.47. The molecule has 0 saturated carbocycles. The van der Waals surface area contributed by atoms with Crippen LogP contribution in [0.1, 0.15) is 30.3 Å². The van der Waals surface area contributed by atoms with Gasteiger partial charge in [0.2, 0.25) is 5.91 Å². The first-order valence-electron chi connectivity index (χ1n) is 9.39. The summed E-state index contributed by atoms with van der Waals surface area (Å²) >= 11 is 1.53. The molecule has 29 heavy (non-hydrogen) atoms. The van der Waals surface area contributed by atoms with Gasteiger partial charge in [-0.2, -0.15) is 5.01 Å². The molecule has 4 amide bonds. The summed E-state index contributed by atoms with van der Waals surface area (Å²) in [5.41, 5.74) is 2.87. The second kappa shape index (κ2) is 7.63. The lowest BCUT2D eigenvalue weighted by Crippen LogP contribution is -2.48. The van der Waals surface area contributed by atoms with E-state index in [1.165, 1.54) is 11.3 Å². The summed E-state index contributed by atoms with van der Waals surface area (Å²) in [5.74, 6) is -0.891. The van der Waals surface area contributed by atoms with Crippen molar-refractivity contribution in [3.63, 3.8) is 0 Å². The number of fused-ring (bicyclic) bond motifs is 1. The molecule has 0 spiro atoms. The van der Waals surface area contributed by atoms with Gasteiger partial charge in [-0.3, -0.25) is 15.0 Å². The van der Waals surface area contributed by atoms with Crippen molar-refractivity contribution in [1.82, 2.24) is 20.7 Å². The molecule has 4 rings (SSSR count). The first kappa shape index (κ1) is 19.1. The Morgan fingerprint density at radius 1 is 1.14 bits per heavy atom. The van der Waals surface area contributed by atoms with Gasteiger partial charge in [0, 0.05) is 12.8 Å². The number of hydrogen-bond donors (Lipinski definition) is 2. The summed E-state index contributed by atoms with van der Waals surface area (Å²) in [6.07, 6.45) is 0.938. The van der Waals surface area contributed by atoms with Crippen molar-refractivity contribution in [1.29, 1.82) is 0 Å². The summed E-state index contributed by atoms with van der Waals surface area (Å²) in [6.45, 7) is 1.82. The number of hydrogen-bond acceptors (Lipinski definition) is 5. The smallest absolute Gasteiger partial charge is 0.318 e. The quantitative estimate of drug-likeness (QED) is 0.613. The Morgan fingerprint density at radius 3 is 2.59 bits per heavy atom. The molecule has 2 heterocycles. The second-order valence-electron chi connectivity index (χ2n) is 6.81. The second-order valence-corrected chi connectivity index (χ2v) is 7.92. The van der Waals surface area contributed by atoms with Crippen LogP contribution in [0, 0.1) is 0 Å². The number of imide groups is 1. The molecule has 1 saturated heterocycles. The fourth-order valence-corrected chi connectivity index (χ4v) is 4.43. The molecule has 0 bridgehead atoms. The molecular weight excluding hydrogens is 388 g/mol. The molecule has 0 aliphatic carbocycles. The minimum absolute atomic E-state index is 0.126. The number of urea groups is 1. The number of aromatic nitrogens is 1. The van der Waals surface area contributed by atoms with Gasteiger partial charge in [0.15, 0.2) is 0 Å². The van der Waals surface area contributed by atoms with Crippen molar-refractivity contribution in [2.45, 2.75) is 31.7 Å². The van der Waals surface area contributed by atoms with Crippen LogP contribution < -0.4 is 10.7 Å². The van der Waals surface area contributed by atoms with Crippen molar-refractivity contribution in [2.75, 3.05) is 0 Å². The van der Waals surface area contributed by atoms with E-state index in [0.717, 1.165) is 20.2 Å². The van der Waals surface area contributed by atoms with Gasteiger partial charge in [0.1, 0.15) is 5.54 Å². The maximum absolute atomic E-state index is 13.0. The third-order valence-corrected chi connectivity index (χ3v) is 6.13. The van der Waals surface area contributed by atoms with Crippen LogP contribution in [0.5, 0.6) is 0 Å². The minimum Gasteiger partial charge on any atom is -0.318 e. The predicted molar refractivity (Wildman–Crippen MR) is 110 cm³/mol. The van der Waals surface area contributed by atoms with Crippen LogP contribution in [0.15, 0.2) is 54.6 Å². The van der Waals surface area contributed by atoms with E-state index in [1.807, 2.05) is 49.4 Å². The van der Waals surface area contributed by atoms with Crippen LogP contribution in [-0.2, 0) is 21.5 Å². The van der Waals surface area contributed by atoms with Gasteiger partial charge >= 0.3 is 6.03 Å². The van der Waals surface area contributed by atoms with Crippen LogP contribution >= 0.6 is 11.3 Å². The highest BCUT2D eigenvalue weighted by molar-refractivity contribution is 7.18. The Bertz CT molecular complexity index is 1050. The lowest BCUT2D eigenvalue weighted by molar-refractivity contribution is -0.139. The lowest BCUT2D eigenvalue weighted by Gasteiger charge is -2.25. The van der Waals surface area contributed by atoms with Gasteiger partial charge in [-0.05, 0) is 24.1 Å². The van der Waals surface area contributed by atoms with Gasteiger partial charge in [0.05, 0.1) is 15.2 Å². The first-order chi connectivity index (χ1) is 14.0. The summed E-state index contributed by atoms with van der Waals surface area (Å²) in [6, 6.07) is 16.2. The largest absolute Gasteiger partial charge is 0.344 e. The number of carbonyl (C=O) groups excluding carboxylic acids is 3. The summed E-state index contributed by atoms with van der Waals surface area (Å²) in [5, 5.41) is 4.37. The Kier molecular flexibility index (Phi) is 5.02. The predicted octanol–water partition coefficient (Wildman–Crippen LogP) is 3.12. The molecule has 1 aliphatic heterocycles. The highest BCUT2D eigenvalue weighted by Crippen LogP contribution is 2.31. The molecule has 1 aromatic heterocycles. The van der Waals surface area contributed by atoms with E-state index >= 15 is 0 Å². The van der Waals surface area contributed by atoms with E-state index in [4.69, 9.17) is 0 Å². The van der Waals surface area contributed by atoms with Crippen LogP contribution in [0.3, 0.4) is 0 Å². The Labute approximate surface area is 171 Å². The topological polar surface area (TPSA) is 91.4 Å². The number of benzene rings is 2. The number of nitrogens with zero attached hydrogens (tertiary/aromatic N) is 2. The fraction of sp³-hybridized carbons (Fsp3) is 0.238. The molecule has 148 valence electrons. The summed E-state index contributed by atoms with van der Waals surface area (Å²) < 4.78 is 1.06. The highest BCUT2D eigenvalue weighted by Gasteiger charge is 2.52. The van der Waals surface area contributed by atoms with E-state index in [1.54, 1.807) is 12.1 Å². The van der Waals surface area contributed by atoms with Gasteiger partial charge in [-0.15, -0.1) is 11.3 Å². The highest BCUT2D eigenvalue weighted by atomic mass is 32.1. The monoisotopic (exact) mass is 408 g/mol. The van der Waals surface area contributed by atoms with E-state index < -0.39 is 23.4 Å². The van der Waals surface area contributed by atoms with E-state index in [-0.39, 0.29) is 6.42 Å². The Hall–Kier alpha value is -3.26. The summed E-state index contributed by atoms with van der Waals surface area (Å²) in [7, 11) is 0. The van der Waals surface area contributed by atoms with Crippen molar-refractivity contribution >= 4 is 39.4 Å². The van der Waals surface area contributed by atoms with Gasteiger partial charge in [-0.25, -0.2) is 9.78 Å². The minimum atomic E-state index is -1.17. The molecule has 2 aromatic carbocycles. The zero-order valence-corrected chi connectivity index (χ0v) is 16.7. The molecule has 1 fully saturated rings. The molecule has 0 radical (unpaired) electrons. The average Bonchev–Trinajstić information content (AvgIpc) is 3.27. The molecule has 7 nitrogen and oxygen atoms in total. The molecule has 3 aromatic rings. The standard InChI is InChI=1S/C21H20N4O3S/c1-2-21(14-8-4-3-5-9-14)19(27)25(20(28)23-21)24-17(26)12-13-18-22-15-10-6-7-11-16(15)29-18/h3-11H,2,12-13H2,1H3,(H,23,28)(H,24,26)/t21-/m0/s1. The number of para-hydroxylation sites is 1. The number of carbonyl (C=O) groups is 3. The zero-order valence-electron chi connectivity index (χ0n) is 15.8. The number of amides is 4. The number of rotatable bonds is 6. The number of hydrazine groups is 1. The molecule has 1 aliphatic rings. The van der Waals surface area contributed by atoms with Crippen LogP contribution in [0.4, 0.5) is 4.79 Å². The van der Waals surface area contributed by atoms with Crippen molar-refractivity contribution < 1.29 is 14.4 Å². The van der Waals surface area contributed by atoms with E-state index in [2.05, 4.69) is 15.7 Å². The zero-order chi connectivity index (χ0) is 20.4. The Balaban J connectivity index is 1.44. The van der Waals surface area contributed by atoms with Crippen molar-refractivity contribution in [3.8, 4) is 0 Å². The molecule has 2 N–H and O–H groups in total. The SMILES string of the molecule is CC[C@@]1(c2ccccc2)NC(=O)N(NC(=O)CCc2nc3ccccc3s2)C1=O. The number of nitrogens with one attached hydrogen (secondary N) is 2. The molecule has 8 heteroatoms. The van der Waals surface area contributed by atoms with Crippen LogP contribution in [-0.4, -0.2) is 27.8 Å². The number of aryl methyl sites for hydroxylation is 1. The third kappa shape index (κ3) is 3.47. The summed E-state index contributed by atoms with van der Waals surface area (Å²) in [4.78, 5) is 42.4. The normalized spacial score (nSPS) is 18.9. The van der Waals surface area contributed by atoms with Gasteiger partial charge in [0.25, 0.3) is 5.91 Å². The van der Waals surface area contributed by atoms with Crippen molar-refractivity contribution in [3.05, 3.63) is 65.2 Å². The first-order valence-corrected chi connectivity index (χ1v) is 10.2. The molecular formula is C21H20N4O3S. The number of thiazole rings is 1. The van der Waals surface area contributed by atoms with E-state index in [0.29, 0.717) is 18.4 Å². The van der Waals surface area contributed by atoms with Crippen LogP contribution in [0.2, 0.25) is 0 Å². The maximum atomic E-state index is 13.0. The lowest BCUT2D eigenvalue weighted by atomic mass is 9.87. The van der Waals surface area contributed by atoms with Gasteiger partial charge in [-0.1, -0.05) is 49.4 Å². The van der Waals surface area contributed by atoms with Gasteiger partial charge < -0.3 is 5.32 Å². The van der Waals surface area contributed by atoms with Crippen molar-refractivity contribution in [2.24, 2.45) is 0 Å². The average molecular weight is 408 g/mol. The Morgan fingerprint density at radius 2 is 1.86 bits per heavy atom. The molecule has 1 atom stereocenters. The maximum Gasteiger partial charge on any atom is 0.344 e.